The highest BCUT2D eigenvalue weighted by molar-refractivity contribution is 5.98. The maximum atomic E-state index is 13.8. The average Bonchev–Trinajstić information content (AvgIpc) is 3.18. The van der Waals surface area contributed by atoms with Crippen molar-refractivity contribution in [1.29, 1.82) is 0 Å². The molecule has 3 N–H and O–H groups in total. The topological polar surface area (TPSA) is 90.9 Å². The number of piperidine rings is 1. The molecule has 0 atom stereocenters. The summed E-state index contributed by atoms with van der Waals surface area (Å²) in [5.41, 5.74) is 8.55. The number of ether oxygens (including phenoxy) is 1. The van der Waals surface area contributed by atoms with Gasteiger partial charge >= 0.3 is 0 Å². The van der Waals surface area contributed by atoms with Crippen molar-refractivity contribution in [3.8, 4) is 22.8 Å². The Morgan fingerprint density at radius 2 is 1.80 bits per heavy atom. The average molecular weight is 404 g/mol. The SMILES string of the molecule is Nc1ncnc2c1c(-c1ccc(Oc3ccccc3F)cc1)nn2C1CCNCC1. The maximum absolute atomic E-state index is 13.8. The van der Waals surface area contributed by atoms with Crippen LogP contribution >= 0.6 is 0 Å². The maximum Gasteiger partial charge on any atom is 0.165 e. The molecule has 1 saturated heterocycles. The predicted molar refractivity (Wildman–Crippen MR) is 113 cm³/mol. The summed E-state index contributed by atoms with van der Waals surface area (Å²) in [7, 11) is 0. The lowest BCUT2D eigenvalue weighted by molar-refractivity contribution is 0.350. The van der Waals surface area contributed by atoms with Crippen LogP contribution < -0.4 is 15.8 Å². The molecule has 4 aromatic rings. The Bertz CT molecular complexity index is 1180. The van der Waals surface area contributed by atoms with Gasteiger partial charge in [0.15, 0.2) is 17.2 Å². The van der Waals surface area contributed by atoms with Gasteiger partial charge in [-0.3, -0.25) is 0 Å². The smallest absolute Gasteiger partial charge is 0.165 e. The molecule has 2 aromatic carbocycles. The molecule has 3 heterocycles. The van der Waals surface area contributed by atoms with Crippen LogP contribution in [0.5, 0.6) is 11.5 Å². The predicted octanol–water partition coefficient (Wildman–Crippen LogP) is 3.93. The molecule has 2 aromatic heterocycles. The molecule has 30 heavy (non-hydrogen) atoms. The summed E-state index contributed by atoms with van der Waals surface area (Å²) in [4.78, 5) is 8.64. The van der Waals surface area contributed by atoms with Gasteiger partial charge < -0.3 is 15.8 Å². The molecule has 0 unspecified atom stereocenters. The third-order valence-corrected chi connectivity index (χ3v) is 5.36. The molecule has 1 fully saturated rings. The minimum Gasteiger partial charge on any atom is -0.454 e. The minimum atomic E-state index is -0.404. The van der Waals surface area contributed by atoms with Crippen molar-refractivity contribution in [3.63, 3.8) is 0 Å². The van der Waals surface area contributed by atoms with E-state index >= 15 is 0 Å². The fourth-order valence-electron chi connectivity index (χ4n) is 3.84. The largest absolute Gasteiger partial charge is 0.454 e. The van der Waals surface area contributed by atoms with Crippen molar-refractivity contribution in [1.82, 2.24) is 25.1 Å². The Morgan fingerprint density at radius 1 is 1.03 bits per heavy atom. The van der Waals surface area contributed by atoms with E-state index in [0.717, 1.165) is 48.2 Å². The quantitative estimate of drug-likeness (QED) is 0.536. The van der Waals surface area contributed by atoms with E-state index in [1.807, 2.05) is 16.8 Å². The lowest BCUT2D eigenvalue weighted by Crippen LogP contribution is -2.30. The van der Waals surface area contributed by atoms with E-state index < -0.39 is 5.82 Å². The molecule has 8 heteroatoms. The van der Waals surface area contributed by atoms with Gasteiger partial charge in [0.25, 0.3) is 0 Å². The molecule has 152 valence electrons. The molecular weight excluding hydrogens is 383 g/mol. The van der Waals surface area contributed by atoms with Crippen LogP contribution in [0.4, 0.5) is 10.2 Å². The highest BCUT2D eigenvalue weighted by Crippen LogP contribution is 2.34. The number of nitrogens with two attached hydrogens (primary N) is 1. The third-order valence-electron chi connectivity index (χ3n) is 5.36. The molecule has 5 rings (SSSR count). The summed E-state index contributed by atoms with van der Waals surface area (Å²) < 4.78 is 21.5. The van der Waals surface area contributed by atoms with E-state index in [4.69, 9.17) is 15.6 Å². The first kappa shape index (κ1) is 18.5. The number of nitrogen functional groups attached to an aromatic ring is 1. The Labute approximate surface area is 172 Å². The van der Waals surface area contributed by atoms with E-state index in [9.17, 15) is 4.39 Å². The van der Waals surface area contributed by atoms with Crippen LogP contribution in [0.15, 0.2) is 54.9 Å². The fourth-order valence-corrected chi connectivity index (χ4v) is 3.84. The van der Waals surface area contributed by atoms with Gasteiger partial charge in [0.2, 0.25) is 0 Å². The van der Waals surface area contributed by atoms with Crippen molar-refractivity contribution in [2.75, 3.05) is 18.8 Å². The molecule has 1 aliphatic rings. The van der Waals surface area contributed by atoms with E-state index in [2.05, 4.69) is 15.3 Å². The van der Waals surface area contributed by atoms with E-state index in [1.165, 1.54) is 12.4 Å². The summed E-state index contributed by atoms with van der Waals surface area (Å²) in [5, 5.41) is 9.00. The Hall–Kier alpha value is -3.52. The van der Waals surface area contributed by atoms with Gasteiger partial charge in [0.1, 0.15) is 23.6 Å². The number of halogens is 1. The fraction of sp³-hybridized carbons (Fsp3) is 0.227. The number of fused-ring (bicyclic) bond motifs is 1. The van der Waals surface area contributed by atoms with Crippen molar-refractivity contribution < 1.29 is 9.13 Å². The number of para-hydroxylation sites is 1. The van der Waals surface area contributed by atoms with Gasteiger partial charge in [0.05, 0.1) is 11.4 Å². The molecule has 0 saturated carbocycles. The molecule has 0 bridgehead atoms. The number of benzene rings is 2. The first-order chi connectivity index (χ1) is 14.7. The van der Waals surface area contributed by atoms with Crippen LogP contribution in [0.1, 0.15) is 18.9 Å². The Balaban J connectivity index is 1.52. The summed E-state index contributed by atoms with van der Waals surface area (Å²) in [5.74, 6) is 0.721. The van der Waals surface area contributed by atoms with Gasteiger partial charge in [0, 0.05) is 5.56 Å². The summed E-state index contributed by atoms with van der Waals surface area (Å²) in [6.45, 7) is 1.90. The van der Waals surface area contributed by atoms with Crippen LogP contribution in [0, 0.1) is 5.82 Å². The monoisotopic (exact) mass is 404 g/mol. The first-order valence-electron chi connectivity index (χ1n) is 9.93. The second-order valence-electron chi connectivity index (χ2n) is 7.29. The van der Waals surface area contributed by atoms with Crippen molar-refractivity contribution >= 4 is 16.9 Å². The van der Waals surface area contributed by atoms with Gasteiger partial charge in [-0.15, -0.1) is 0 Å². The number of hydrogen-bond acceptors (Lipinski definition) is 6. The zero-order valence-corrected chi connectivity index (χ0v) is 16.3. The standard InChI is InChI=1S/C22H21FN6O/c23-17-3-1-2-4-18(17)30-16-7-5-14(6-8-16)20-19-21(24)26-13-27-22(19)29(28-20)15-9-11-25-12-10-15/h1-8,13,15,25H,9-12H2,(H2,24,26,27). The normalized spacial score (nSPS) is 14.8. The lowest BCUT2D eigenvalue weighted by atomic mass is 10.1. The van der Waals surface area contributed by atoms with Gasteiger partial charge in [-0.25, -0.2) is 19.0 Å². The molecule has 1 aliphatic heterocycles. The van der Waals surface area contributed by atoms with Gasteiger partial charge in [-0.05, 0) is 62.3 Å². The Kier molecular flexibility index (Phi) is 4.76. The number of hydrogen-bond donors (Lipinski definition) is 2. The number of nitrogens with zero attached hydrogens (tertiary/aromatic N) is 4. The molecule has 0 radical (unpaired) electrons. The minimum absolute atomic E-state index is 0.184. The second-order valence-corrected chi connectivity index (χ2v) is 7.29. The van der Waals surface area contributed by atoms with Crippen LogP contribution in [-0.4, -0.2) is 32.8 Å². The van der Waals surface area contributed by atoms with E-state index in [1.54, 1.807) is 30.3 Å². The zero-order valence-electron chi connectivity index (χ0n) is 16.3. The van der Waals surface area contributed by atoms with Crippen LogP contribution in [-0.2, 0) is 0 Å². The zero-order chi connectivity index (χ0) is 20.5. The number of aromatic nitrogens is 4. The van der Waals surface area contributed by atoms with Crippen molar-refractivity contribution in [2.45, 2.75) is 18.9 Å². The lowest BCUT2D eigenvalue weighted by Gasteiger charge is -2.23. The van der Waals surface area contributed by atoms with Crippen LogP contribution in [0.2, 0.25) is 0 Å². The van der Waals surface area contributed by atoms with Crippen molar-refractivity contribution in [2.24, 2.45) is 0 Å². The molecule has 0 spiro atoms. The van der Waals surface area contributed by atoms with Gasteiger partial charge in [-0.1, -0.05) is 12.1 Å². The number of nitrogens with one attached hydrogen (secondary N) is 1. The van der Waals surface area contributed by atoms with E-state index in [-0.39, 0.29) is 11.8 Å². The highest BCUT2D eigenvalue weighted by atomic mass is 19.1. The molecular formula is C22H21FN6O. The Morgan fingerprint density at radius 3 is 2.57 bits per heavy atom. The summed E-state index contributed by atoms with van der Waals surface area (Å²) in [6.07, 6.45) is 3.44. The molecule has 7 nitrogen and oxygen atoms in total. The first-order valence-corrected chi connectivity index (χ1v) is 9.93. The highest BCUT2D eigenvalue weighted by Gasteiger charge is 2.23. The third kappa shape index (κ3) is 3.35. The van der Waals surface area contributed by atoms with Crippen LogP contribution in [0.25, 0.3) is 22.3 Å². The summed E-state index contributed by atoms with van der Waals surface area (Å²) >= 11 is 0. The molecule has 0 aliphatic carbocycles. The number of anilines is 1. The summed E-state index contributed by atoms with van der Waals surface area (Å²) in [6, 6.07) is 13.9. The van der Waals surface area contributed by atoms with E-state index in [0.29, 0.717) is 11.6 Å². The van der Waals surface area contributed by atoms with Crippen molar-refractivity contribution in [3.05, 3.63) is 60.7 Å². The second kappa shape index (κ2) is 7.72. The van der Waals surface area contributed by atoms with Gasteiger partial charge in [-0.2, -0.15) is 5.10 Å². The number of rotatable bonds is 4. The molecule has 0 amide bonds. The van der Waals surface area contributed by atoms with Crippen LogP contribution in [0.3, 0.4) is 0 Å².